The molecule has 3 rings (SSSR count). The van der Waals surface area contributed by atoms with Crippen LogP contribution in [0.3, 0.4) is 0 Å². The van der Waals surface area contributed by atoms with Crippen molar-refractivity contribution in [1.29, 1.82) is 0 Å². The summed E-state index contributed by atoms with van der Waals surface area (Å²) in [5.74, 6) is 1.30. The molecule has 0 radical (unpaired) electrons. The van der Waals surface area contributed by atoms with Gasteiger partial charge in [-0.25, -0.2) is 9.78 Å². The van der Waals surface area contributed by atoms with Crippen LogP contribution >= 0.6 is 11.3 Å². The molecule has 0 saturated heterocycles. The van der Waals surface area contributed by atoms with E-state index in [1.165, 1.54) is 12.0 Å². The molecule has 0 aliphatic carbocycles. The molecular weight excluding hydrogens is 312 g/mol. The fourth-order valence-electron chi connectivity index (χ4n) is 2.30. The molecule has 0 aliphatic rings. The number of benzene rings is 1. The summed E-state index contributed by atoms with van der Waals surface area (Å²) >= 11 is 1.62. The van der Waals surface area contributed by atoms with Crippen molar-refractivity contribution >= 4 is 27.5 Å². The van der Waals surface area contributed by atoms with E-state index in [1.807, 2.05) is 13.8 Å². The van der Waals surface area contributed by atoms with Crippen molar-refractivity contribution < 1.29 is 14.3 Å². The first kappa shape index (κ1) is 15.4. The van der Waals surface area contributed by atoms with E-state index in [9.17, 15) is 4.79 Å². The second-order valence-corrected chi connectivity index (χ2v) is 6.36. The maximum atomic E-state index is 11.6. The van der Waals surface area contributed by atoms with Crippen LogP contribution in [0.4, 0.5) is 0 Å². The van der Waals surface area contributed by atoms with Gasteiger partial charge < -0.3 is 9.47 Å². The lowest BCUT2D eigenvalue weighted by molar-refractivity contribution is 0.0600. The molecule has 0 spiro atoms. The second kappa shape index (κ2) is 5.96. The normalized spacial score (nSPS) is 10.8. The maximum absolute atomic E-state index is 11.6. The summed E-state index contributed by atoms with van der Waals surface area (Å²) in [6.07, 6.45) is 0. The lowest BCUT2D eigenvalue weighted by Gasteiger charge is -2.08. The summed E-state index contributed by atoms with van der Waals surface area (Å²) in [5.41, 5.74) is 1.55. The highest BCUT2D eigenvalue weighted by atomic mass is 32.1. The van der Waals surface area contributed by atoms with E-state index in [4.69, 9.17) is 9.47 Å². The number of fused-ring (bicyclic) bond motifs is 1. The van der Waals surface area contributed by atoms with Crippen molar-refractivity contribution in [2.45, 2.75) is 20.8 Å². The smallest absolute Gasteiger partial charge is 0.337 e. The van der Waals surface area contributed by atoms with E-state index >= 15 is 0 Å². The molecule has 23 heavy (non-hydrogen) atoms. The molecular formula is C17H16N2O3S. The molecule has 0 N–H and O–H groups in total. The average Bonchev–Trinajstić information content (AvgIpc) is 2.81. The summed E-state index contributed by atoms with van der Waals surface area (Å²) in [5, 5.41) is 0.918. The number of thiophene rings is 1. The molecule has 0 amide bonds. The molecule has 118 valence electrons. The van der Waals surface area contributed by atoms with Gasteiger partial charge in [0.15, 0.2) is 0 Å². The van der Waals surface area contributed by atoms with Crippen molar-refractivity contribution in [1.82, 2.24) is 9.97 Å². The molecule has 5 nitrogen and oxygen atoms in total. The molecule has 2 heterocycles. The second-order valence-electron chi connectivity index (χ2n) is 5.16. The van der Waals surface area contributed by atoms with Crippen molar-refractivity contribution in [2.24, 2.45) is 0 Å². The van der Waals surface area contributed by atoms with Gasteiger partial charge in [0.1, 0.15) is 16.4 Å². The number of nitrogens with zero attached hydrogens (tertiary/aromatic N) is 2. The Morgan fingerprint density at radius 1 is 1.17 bits per heavy atom. The topological polar surface area (TPSA) is 61.3 Å². The SMILES string of the molecule is COC(=O)c1cccc(Oc2nc(C)nc3sc(C)c(C)c23)c1. The Balaban J connectivity index is 2.06. The Morgan fingerprint density at radius 2 is 1.96 bits per heavy atom. The average molecular weight is 328 g/mol. The summed E-state index contributed by atoms with van der Waals surface area (Å²) in [6, 6.07) is 6.85. The van der Waals surface area contributed by atoms with Gasteiger partial charge in [0.2, 0.25) is 5.88 Å². The molecule has 0 saturated carbocycles. The summed E-state index contributed by atoms with van der Waals surface area (Å²) < 4.78 is 10.7. The van der Waals surface area contributed by atoms with Crippen LogP contribution in [-0.4, -0.2) is 23.0 Å². The van der Waals surface area contributed by atoms with Crippen LogP contribution in [0, 0.1) is 20.8 Å². The van der Waals surface area contributed by atoms with Crippen LogP contribution in [0.25, 0.3) is 10.2 Å². The molecule has 3 aromatic rings. The third kappa shape index (κ3) is 2.90. The van der Waals surface area contributed by atoms with Gasteiger partial charge >= 0.3 is 5.97 Å². The molecule has 2 aromatic heterocycles. The Hall–Kier alpha value is -2.47. The summed E-state index contributed by atoms with van der Waals surface area (Å²) in [6.45, 7) is 5.92. The fraction of sp³-hybridized carbons (Fsp3) is 0.235. The molecule has 0 fully saturated rings. The zero-order chi connectivity index (χ0) is 16.6. The van der Waals surface area contributed by atoms with Gasteiger partial charge in [-0.05, 0) is 44.5 Å². The summed E-state index contributed by atoms with van der Waals surface area (Å²) in [4.78, 5) is 22.6. The number of carbonyl (C=O) groups excluding carboxylic acids is 1. The lowest BCUT2D eigenvalue weighted by atomic mass is 10.2. The Bertz CT molecular complexity index is 902. The molecule has 0 atom stereocenters. The van der Waals surface area contributed by atoms with Gasteiger partial charge in [-0.2, -0.15) is 4.98 Å². The number of hydrogen-bond donors (Lipinski definition) is 0. The van der Waals surface area contributed by atoms with Gasteiger partial charge in [-0.1, -0.05) is 6.07 Å². The maximum Gasteiger partial charge on any atom is 0.337 e. The zero-order valence-corrected chi connectivity index (χ0v) is 14.2. The van der Waals surface area contributed by atoms with Crippen molar-refractivity contribution in [2.75, 3.05) is 7.11 Å². The molecule has 1 aromatic carbocycles. The Labute approximate surface area is 137 Å². The van der Waals surface area contributed by atoms with Gasteiger partial charge in [-0.3, -0.25) is 0 Å². The minimum absolute atomic E-state index is 0.401. The monoisotopic (exact) mass is 328 g/mol. The van der Waals surface area contributed by atoms with Gasteiger partial charge in [0.25, 0.3) is 0 Å². The lowest BCUT2D eigenvalue weighted by Crippen LogP contribution is -2.01. The summed E-state index contributed by atoms with van der Waals surface area (Å²) in [7, 11) is 1.35. The number of methoxy groups -OCH3 is 1. The first-order valence-corrected chi connectivity index (χ1v) is 7.92. The first-order chi connectivity index (χ1) is 11.0. The van der Waals surface area contributed by atoms with E-state index in [2.05, 4.69) is 16.9 Å². The van der Waals surface area contributed by atoms with Gasteiger partial charge in [-0.15, -0.1) is 11.3 Å². The van der Waals surface area contributed by atoms with E-state index in [0.29, 0.717) is 23.0 Å². The quantitative estimate of drug-likeness (QED) is 0.674. The number of rotatable bonds is 3. The fourth-order valence-corrected chi connectivity index (χ4v) is 3.37. The predicted octanol–water partition coefficient (Wildman–Crippen LogP) is 4.20. The number of aryl methyl sites for hydroxylation is 3. The Morgan fingerprint density at radius 3 is 2.70 bits per heavy atom. The highest BCUT2D eigenvalue weighted by molar-refractivity contribution is 7.18. The van der Waals surface area contributed by atoms with Crippen LogP contribution in [-0.2, 0) is 4.74 Å². The van der Waals surface area contributed by atoms with Gasteiger partial charge in [0.05, 0.1) is 18.1 Å². The minimum Gasteiger partial charge on any atom is -0.465 e. The Kier molecular flexibility index (Phi) is 4.00. The van der Waals surface area contributed by atoms with Crippen LogP contribution in [0.15, 0.2) is 24.3 Å². The van der Waals surface area contributed by atoms with Crippen LogP contribution in [0.2, 0.25) is 0 Å². The van der Waals surface area contributed by atoms with E-state index in [0.717, 1.165) is 15.8 Å². The number of ether oxygens (including phenoxy) is 2. The van der Waals surface area contributed by atoms with Gasteiger partial charge in [0, 0.05) is 4.88 Å². The molecule has 0 unspecified atom stereocenters. The van der Waals surface area contributed by atoms with E-state index in [-0.39, 0.29) is 0 Å². The van der Waals surface area contributed by atoms with Crippen molar-refractivity contribution in [3.05, 3.63) is 46.1 Å². The highest BCUT2D eigenvalue weighted by Crippen LogP contribution is 2.36. The van der Waals surface area contributed by atoms with Crippen LogP contribution in [0.5, 0.6) is 11.6 Å². The van der Waals surface area contributed by atoms with E-state index < -0.39 is 5.97 Å². The number of esters is 1. The molecule has 0 bridgehead atoms. The number of hydrogen-bond acceptors (Lipinski definition) is 6. The third-order valence-corrected chi connectivity index (χ3v) is 4.68. The van der Waals surface area contributed by atoms with E-state index in [1.54, 1.807) is 35.6 Å². The number of carbonyl (C=O) groups is 1. The molecule has 0 aliphatic heterocycles. The van der Waals surface area contributed by atoms with Crippen LogP contribution < -0.4 is 4.74 Å². The molecule has 6 heteroatoms. The predicted molar refractivity (Wildman–Crippen MR) is 89.5 cm³/mol. The zero-order valence-electron chi connectivity index (χ0n) is 13.3. The minimum atomic E-state index is -0.401. The largest absolute Gasteiger partial charge is 0.465 e. The standard InChI is InChI=1S/C17H16N2O3S/c1-9-10(2)23-16-14(9)15(18-11(3)19-16)22-13-7-5-6-12(8-13)17(20)21-4/h5-8H,1-4H3. The highest BCUT2D eigenvalue weighted by Gasteiger charge is 2.16. The van der Waals surface area contributed by atoms with Crippen LogP contribution in [0.1, 0.15) is 26.6 Å². The number of aromatic nitrogens is 2. The first-order valence-electron chi connectivity index (χ1n) is 7.10. The third-order valence-electron chi connectivity index (χ3n) is 3.58. The van der Waals surface area contributed by atoms with Crippen molar-refractivity contribution in [3.63, 3.8) is 0 Å². The van der Waals surface area contributed by atoms with Crippen molar-refractivity contribution in [3.8, 4) is 11.6 Å².